The molecule has 1 aromatic rings. The molecule has 0 aromatic heterocycles. The first-order chi connectivity index (χ1) is 17.3. The summed E-state index contributed by atoms with van der Waals surface area (Å²) in [4.78, 5) is 39.0. The maximum Gasteiger partial charge on any atom is 0.490 e. The fourth-order valence-corrected chi connectivity index (χ4v) is 5.53. The van der Waals surface area contributed by atoms with Crippen molar-refractivity contribution in [2.24, 2.45) is 17.8 Å². The Bertz CT molecular complexity index is 986. The number of benzene rings is 1. The topological polar surface area (TPSA) is 108 Å². The summed E-state index contributed by atoms with van der Waals surface area (Å²) in [7, 11) is 3.16. The summed E-state index contributed by atoms with van der Waals surface area (Å²) in [6.07, 6.45) is -3.47. The fraction of sp³-hybridized carbons (Fsp3) is 0.640. The number of hydrogen-bond acceptors (Lipinski definition) is 6. The van der Waals surface area contributed by atoms with Crippen molar-refractivity contribution in [3.8, 4) is 11.5 Å². The van der Waals surface area contributed by atoms with E-state index in [1.807, 2.05) is 4.90 Å². The minimum atomic E-state index is -5.08. The second-order valence-corrected chi connectivity index (χ2v) is 10.2. The first kappa shape index (κ1) is 28.5. The van der Waals surface area contributed by atoms with Gasteiger partial charge >= 0.3 is 12.1 Å². The molecule has 3 aliphatic rings. The van der Waals surface area contributed by atoms with E-state index in [1.54, 1.807) is 32.4 Å². The molecule has 9 nitrogen and oxygen atoms in total. The predicted octanol–water partition coefficient (Wildman–Crippen LogP) is 2.65. The lowest BCUT2D eigenvalue weighted by atomic mass is 9.75. The fourth-order valence-electron chi connectivity index (χ4n) is 5.53. The van der Waals surface area contributed by atoms with Gasteiger partial charge in [-0.2, -0.15) is 13.2 Å². The molecule has 2 N–H and O–H groups in total. The molecule has 2 amide bonds. The van der Waals surface area contributed by atoms with E-state index >= 15 is 0 Å². The number of amides is 2. The van der Waals surface area contributed by atoms with Gasteiger partial charge in [0.05, 0.1) is 20.1 Å². The number of aliphatic carboxylic acids is 1. The van der Waals surface area contributed by atoms with Crippen LogP contribution in [0.3, 0.4) is 0 Å². The van der Waals surface area contributed by atoms with E-state index in [4.69, 9.17) is 19.4 Å². The minimum Gasteiger partial charge on any atom is -0.497 e. The zero-order chi connectivity index (χ0) is 27.5. The molecule has 3 saturated heterocycles. The van der Waals surface area contributed by atoms with Crippen molar-refractivity contribution in [3.63, 3.8) is 0 Å². The summed E-state index contributed by atoms with van der Waals surface area (Å²) in [5, 5.41) is 10.5. The van der Waals surface area contributed by atoms with Gasteiger partial charge in [0.25, 0.3) is 5.91 Å². The highest BCUT2D eigenvalue weighted by atomic mass is 19.4. The van der Waals surface area contributed by atoms with E-state index < -0.39 is 12.1 Å². The summed E-state index contributed by atoms with van der Waals surface area (Å²) in [5.74, 6) is -0.331. The molecule has 4 rings (SSSR count). The average molecular weight is 530 g/mol. The Hall–Kier alpha value is -3.02. The van der Waals surface area contributed by atoms with Crippen molar-refractivity contribution < 1.29 is 42.1 Å². The Morgan fingerprint density at radius 2 is 1.65 bits per heavy atom. The molecule has 37 heavy (non-hydrogen) atoms. The molecule has 3 fully saturated rings. The van der Waals surface area contributed by atoms with E-state index in [0.29, 0.717) is 42.0 Å². The summed E-state index contributed by atoms with van der Waals surface area (Å²) >= 11 is 0. The zero-order valence-corrected chi connectivity index (χ0v) is 21.4. The molecule has 0 aliphatic carbocycles. The molecule has 0 unspecified atom stereocenters. The SMILES string of the molecule is COc1cc(OC)cc(C(=O)N2CCC3(CC2)NC(=O)[C@@H]2CN(CC(C)C)C[C@@H]23)c1.O=C(O)C(F)(F)F. The Morgan fingerprint density at radius 1 is 1.11 bits per heavy atom. The highest BCUT2D eigenvalue weighted by Gasteiger charge is 2.57. The maximum absolute atomic E-state index is 13.1. The van der Waals surface area contributed by atoms with Gasteiger partial charge in [0.1, 0.15) is 11.5 Å². The van der Waals surface area contributed by atoms with Gasteiger partial charge in [0, 0.05) is 55.8 Å². The number of carboxylic acids is 1. The first-order valence-electron chi connectivity index (χ1n) is 12.2. The summed E-state index contributed by atoms with van der Waals surface area (Å²) < 4.78 is 42.3. The number of carboxylic acid groups (broad SMARTS) is 1. The van der Waals surface area contributed by atoms with Gasteiger partial charge in [0.15, 0.2) is 0 Å². The predicted molar refractivity (Wildman–Crippen MR) is 128 cm³/mol. The van der Waals surface area contributed by atoms with Gasteiger partial charge in [-0.05, 0) is 30.9 Å². The number of ether oxygens (including phenoxy) is 2. The summed E-state index contributed by atoms with van der Waals surface area (Å²) in [6.45, 7) is 8.62. The van der Waals surface area contributed by atoms with Crippen LogP contribution in [0.4, 0.5) is 13.2 Å². The quantitative estimate of drug-likeness (QED) is 0.604. The van der Waals surface area contributed by atoms with Crippen molar-refractivity contribution in [2.75, 3.05) is 46.9 Å². The molecule has 0 saturated carbocycles. The molecule has 206 valence electrons. The second kappa shape index (κ2) is 11.2. The Kier molecular flexibility index (Phi) is 8.61. The number of carbonyl (C=O) groups is 3. The number of nitrogens with one attached hydrogen (secondary N) is 1. The number of halogens is 3. The summed E-state index contributed by atoms with van der Waals surface area (Å²) in [5.41, 5.74) is 0.399. The lowest BCUT2D eigenvalue weighted by Crippen LogP contribution is -2.56. The highest BCUT2D eigenvalue weighted by Crippen LogP contribution is 2.44. The van der Waals surface area contributed by atoms with E-state index in [2.05, 4.69) is 24.1 Å². The molecule has 3 heterocycles. The van der Waals surface area contributed by atoms with Gasteiger partial charge < -0.3 is 29.7 Å². The molecule has 2 atom stereocenters. The maximum atomic E-state index is 13.1. The third-order valence-corrected chi connectivity index (χ3v) is 7.22. The van der Waals surface area contributed by atoms with E-state index in [0.717, 1.165) is 32.5 Å². The molecule has 0 bridgehead atoms. The first-order valence-corrected chi connectivity index (χ1v) is 12.2. The van der Waals surface area contributed by atoms with Gasteiger partial charge in [-0.3, -0.25) is 9.59 Å². The number of hydrogen-bond donors (Lipinski definition) is 2. The molecule has 1 spiro atoms. The van der Waals surface area contributed by atoms with Gasteiger partial charge in [0.2, 0.25) is 5.91 Å². The van der Waals surface area contributed by atoms with Crippen molar-refractivity contribution in [3.05, 3.63) is 23.8 Å². The number of carbonyl (C=O) groups excluding carboxylic acids is 2. The van der Waals surface area contributed by atoms with Crippen LogP contribution >= 0.6 is 0 Å². The lowest BCUT2D eigenvalue weighted by Gasteiger charge is -2.43. The number of nitrogens with zero attached hydrogens (tertiary/aromatic N) is 2. The van der Waals surface area contributed by atoms with Crippen LogP contribution in [-0.4, -0.2) is 91.3 Å². The Balaban J connectivity index is 0.000000479. The molecule has 0 radical (unpaired) electrons. The number of alkyl halides is 3. The highest BCUT2D eigenvalue weighted by molar-refractivity contribution is 5.95. The summed E-state index contributed by atoms with van der Waals surface area (Å²) in [6, 6.07) is 5.27. The van der Waals surface area contributed by atoms with Crippen LogP contribution in [0.25, 0.3) is 0 Å². The van der Waals surface area contributed by atoms with Crippen LogP contribution in [0.5, 0.6) is 11.5 Å². The standard InChI is InChI=1S/C23H33N3O4.C2HF3O2/c1-15(2)12-25-13-19-20(14-25)23(24-21(19)27)5-7-26(8-6-23)22(28)16-9-17(29-3)11-18(10-16)30-4;3-2(4,5)1(6)7/h9-11,15,19-20H,5-8,12-14H2,1-4H3,(H,24,27);(H,6,7)/t19-,20+;/m1./s1. The van der Waals surface area contributed by atoms with Crippen LogP contribution in [0.1, 0.15) is 37.0 Å². The van der Waals surface area contributed by atoms with E-state index in [9.17, 15) is 22.8 Å². The van der Waals surface area contributed by atoms with Gasteiger partial charge in [-0.15, -0.1) is 0 Å². The molecular weight excluding hydrogens is 495 g/mol. The number of methoxy groups -OCH3 is 2. The molecular formula is C25H34F3N3O6. The molecule has 12 heteroatoms. The van der Waals surface area contributed by atoms with Crippen LogP contribution in [0.2, 0.25) is 0 Å². The minimum absolute atomic E-state index is 0.0178. The molecule has 3 aliphatic heterocycles. The monoisotopic (exact) mass is 529 g/mol. The third-order valence-electron chi connectivity index (χ3n) is 7.22. The Morgan fingerprint density at radius 3 is 2.11 bits per heavy atom. The van der Waals surface area contributed by atoms with Crippen LogP contribution in [0, 0.1) is 17.8 Å². The van der Waals surface area contributed by atoms with Crippen LogP contribution < -0.4 is 14.8 Å². The average Bonchev–Trinajstić information content (AvgIpc) is 3.36. The van der Waals surface area contributed by atoms with Gasteiger partial charge in [-0.25, -0.2) is 4.79 Å². The second-order valence-electron chi connectivity index (χ2n) is 10.2. The molecule has 1 aromatic carbocycles. The number of piperidine rings is 1. The van der Waals surface area contributed by atoms with E-state index in [1.165, 1.54) is 0 Å². The van der Waals surface area contributed by atoms with Crippen LogP contribution in [-0.2, 0) is 9.59 Å². The largest absolute Gasteiger partial charge is 0.497 e. The third kappa shape index (κ3) is 6.46. The smallest absolute Gasteiger partial charge is 0.490 e. The number of likely N-dealkylation sites (tertiary alicyclic amines) is 2. The van der Waals surface area contributed by atoms with Gasteiger partial charge in [-0.1, -0.05) is 13.8 Å². The zero-order valence-electron chi connectivity index (χ0n) is 21.4. The van der Waals surface area contributed by atoms with Crippen molar-refractivity contribution in [2.45, 2.75) is 38.4 Å². The van der Waals surface area contributed by atoms with Crippen molar-refractivity contribution in [1.29, 1.82) is 0 Å². The lowest BCUT2D eigenvalue weighted by molar-refractivity contribution is -0.192. The van der Waals surface area contributed by atoms with Crippen molar-refractivity contribution >= 4 is 17.8 Å². The van der Waals surface area contributed by atoms with Crippen molar-refractivity contribution in [1.82, 2.24) is 15.1 Å². The van der Waals surface area contributed by atoms with E-state index in [-0.39, 0.29) is 23.3 Å². The van der Waals surface area contributed by atoms with Crippen LogP contribution in [0.15, 0.2) is 18.2 Å². The number of rotatable bonds is 5. The Labute approximate surface area is 213 Å². The normalized spacial score (nSPS) is 22.8. The number of fused-ring (bicyclic) bond motifs is 2.